The van der Waals surface area contributed by atoms with Crippen molar-refractivity contribution in [3.05, 3.63) is 0 Å². The van der Waals surface area contributed by atoms with Crippen LogP contribution in [0.25, 0.3) is 0 Å². The van der Waals surface area contributed by atoms with Gasteiger partial charge in [-0.15, -0.1) is 0 Å². The summed E-state index contributed by atoms with van der Waals surface area (Å²) < 4.78 is 0. The molecule has 1 saturated heterocycles. The highest BCUT2D eigenvalue weighted by molar-refractivity contribution is 6.15. The van der Waals surface area contributed by atoms with E-state index in [1.54, 1.807) is 0 Å². The lowest BCUT2D eigenvalue weighted by Gasteiger charge is -2.31. The zero-order valence-corrected chi connectivity index (χ0v) is 9.53. The van der Waals surface area contributed by atoms with E-state index < -0.39 is 5.92 Å². The normalized spacial score (nSPS) is 26.4. The van der Waals surface area contributed by atoms with Crippen LogP contribution in [0.15, 0.2) is 4.99 Å². The molecule has 2 aliphatic rings. The molecule has 0 aromatic heterocycles. The Morgan fingerprint density at radius 2 is 2.00 bits per heavy atom. The number of hydrogen-bond acceptors (Lipinski definition) is 3. The van der Waals surface area contributed by atoms with E-state index in [4.69, 9.17) is 0 Å². The summed E-state index contributed by atoms with van der Waals surface area (Å²) >= 11 is 0. The fourth-order valence-electron chi connectivity index (χ4n) is 2.14. The number of nitrogens with zero attached hydrogens (tertiary/aromatic N) is 2. The monoisotopic (exact) mass is 223 g/mol. The largest absolute Gasteiger partial charge is 0.342 e. The Kier molecular flexibility index (Phi) is 3.22. The molecule has 5 nitrogen and oxygen atoms in total. The summed E-state index contributed by atoms with van der Waals surface area (Å²) in [5, 5.41) is 2.73. The van der Waals surface area contributed by atoms with E-state index >= 15 is 0 Å². The van der Waals surface area contributed by atoms with Crippen LogP contribution >= 0.6 is 0 Å². The van der Waals surface area contributed by atoms with Gasteiger partial charge in [-0.25, -0.2) is 0 Å². The second-order valence-electron chi connectivity index (χ2n) is 4.27. The van der Waals surface area contributed by atoms with E-state index in [0.29, 0.717) is 12.4 Å². The summed E-state index contributed by atoms with van der Waals surface area (Å²) in [5.74, 6) is -0.636. The standard InChI is InChI=1S/C11H17N3O2/c1-2-8-9(15)12-11(13-10(8)16)14-6-4-3-5-7-14/h8H,2-7H2,1H3,(H,12,13,15,16). The van der Waals surface area contributed by atoms with Crippen LogP contribution in [0.3, 0.4) is 0 Å². The first-order valence-corrected chi connectivity index (χ1v) is 5.90. The third-order valence-corrected chi connectivity index (χ3v) is 3.13. The molecule has 0 bridgehead atoms. The number of guanidine groups is 1. The molecule has 0 saturated carbocycles. The summed E-state index contributed by atoms with van der Waals surface area (Å²) in [4.78, 5) is 29.2. The van der Waals surface area contributed by atoms with Gasteiger partial charge in [-0.2, -0.15) is 4.99 Å². The molecule has 2 aliphatic heterocycles. The van der Waals surface area contributed by atoms with Gasteiger partial charge >= 0.3 is 0 Å². The fraction of sp³-hybridized carbons (Fsp3) is 0.727. The van der Waals surface area contributed by atoms with Crippen molar-refractivity contribution < 1.29 is 9.59 Å². The predicted octanol–water partition coefficient (Wildman–Crippen LogP) is 0.511. The second kappa shape index (κ2) is 4.63. The number of carbonyl (C=O) groups is 2. The van der Waals surface area contributed by atoms with Gasteiger partial charge in [-0.3, -0.25) is 14.9 Å². The Balaban J connectivity index is 2.11. The number of hydrogen-bond donors (Lipinski definition) is 1. The molecule has 0 aromatic rings. The van der Waals surface area contributed by atoms with Gasteiger partial charge in [-0.1, -0.05) is 6.92 Å². The molecule has 1 N–H and O–H groups in total. The van der Waals surface area contributed by atoms with Crippen LogP contribution < -0.4 is 5.32 Å². The number of carbonyl (C=O) groups excluding carboxylic acids is 2. The highest BCUT2D eigenvalue weighted by atomic mass is 16.2. The van der Waals surface area contributed by atoms with Crippen LogP contribution in [0, 0.1) is 5.92 Å². The maximum Gasteiger partial charge on any atom is 0.261 e. The van der Waals surface area contributed by atoms with Crippen LogP contribution in [0.4, 0.5) is 0 Å². The lowest BCUT2D eigenvalue weighted by molar-refractivity contribution is -0.133. The molecule has 16 heavy (non-hydrogen) atoms. The summed E-state index contributed by atoms with van der Waals surface area (Å²) in [6.07, 6.45) is 3.92. The van der Waals surface area contributed by atoms with E-state index in [0.717, 1.165) is 25.9 Å². The van der Waals surface area contributed by atoms with Crippen LogP contribution in [-0.4, -0.2) is 35.8 Å². The van der Waals surface area contributed by atoms with E-state index in [-0.39, 0.29) is 11.8 Å². The first-order valence-electron chi connectivity index (χ1n) is 5.90. The zero-order valence-electron chi connectivity index (χ0n) is 9.53. The molecule has 1 fully saturated rings. The minimum atomic E-state index is -0.589. The van der Waals surface area contributed by atoms with Crippen molar-refractivity contribution in [2.24, 2.45) is 10.9 Å². The molecule has 2 rings (SSSR count). The van der Waals surface area contributed by atoms with Gasteiger partial charge in [-0.05, 0) is 25.7 Å². The molecule has 0 radical (unpaired) electrons. The number of piperidine rings is 1. The molecule has 0 aliphatic carbocycles. The first kappa shape index (κ1) is 11.1. The SMILES string of the molecule is CCC1C(=O)N=C(N2CCCCC2)NC1=O. The number of rotatable bonds is 1. The van der Waals surface area contributed by atoms with E-state index in [1.807, 2.05) is 11.8 Å². The van der Waals surface area contributed by atoms with Gasteiger partial charge in [0.1, 0.15) is 5.92 Å². The smallest absolute Gasteiger partial charge is 0.261 e. The molecule has 5 heteroatoms. The first-order chi connectivity index (χ1) is 7.72. The van der Waals surface area contributed by atoms with Crippen LogP contribution in [0.5, 0.6) is 0 Å². The van der Waals surface area contributed by atoms with Crippen molar-refractivity contribution in [3.63, 3.8) is 0 Å². The quantitative estimate of drug-likeness (QED) is 0.659. The Labute approximate surface area is 94.9 Å². The third-order valence-electron chi connectivity index (χ3n) is 3.13. The van der Waals surface area contributed by atoms with Crippen molar-refractivity contribution >= 4 is 17.8 Å². The van der Waals surface area contributed by atoms with Crippen molar-refractivity contribution in [1.82, 2.24) is 10.2 Å². The molecule has 1 atom stereocenters. The van der Waals surface area contributed by atoms with Gasteiger partial charge in [0.05, 0.1) is 0 Å². The number of nitrogens with one attached hydrogen (secondary N) is 1. The molecular formula is C11H17N3O2. The number of likely N-dealkylation sites (tertiary alicyclic amines) is 1. The number of aliphatic imine (C=N–C) groups is 1. The number of amides is 2. The lowest BCUT2D eigenvalue weighted by atomic mass is 10.0. The summed E-state index contributed by atoms with van der Waals surface area (Å²) in [6, 6.07) is 0. The van der Waals surface area contributed by atoms with Gasteiger partial charge in [0.2, 0.25) is 11.9 Å². The molecule has 2 heterocycles. The molecule has 0 aromatic carbocycles. The van der Waals surface area contributed by atoms with Crippen molar-refractivity contribution in [1.29, 1.82) is 0 Å². The van der Waals surface area contributed by atoms with Crippen molar-refractivity contribution in [2.45, 2.75) is 32.6 Å². The molecule has 0 spiro atoms. The third kappa shape index (κ3) is 2.08. The van der Waals surface area contributed by atoms with Crippen LogP contribution in [0.2, 0.25) is 0 Å². The highest BCUT2D eigenvalue weighted by Crippen LogP contribution is 2.14. The molecule has 88 valence electrons. The summed E-state index contributed by atoms with van der Waals surface area (Å²) in [6.45, 7) is 3.58. The van der Waals surface area contributed by atoms with E-state index in [9.17, 15) is 9.59 Å². The average molecular weight is 223 g/mol. The Morgan fingerprint density at radius 1 is 1.31 bits per heavy atom. The van der Waals surface area contributed by atoms with Crippen molar-refractivity contribution in [2.75, 3.05) is 13.1 Å². The minimum absolute atomic E-state index is 0.205. The van der Waals surface area contributed by atoms with Gasteiger partial charge < -0.3 is 4.90 Å². The van der Waals surface area contributed by atoms with Gasteiger partial charge in [0.25, 0.3) is 5.91 Å². The Bertz CT molecular complexity index is 332. The maximum atomic E-state index is 11.6. The second-order valence-corrected chi connectivity index (χ2v) is 4.27. The van der Waals surface area contributed by atoms with Gasteiger partial charge in [0.15, 0.2) is 0 Å². The topological polar surface area (TPSA) is 61.8 Å². The average Bonchev–Trinajstić information content (AvgIpc) is 2.30. The maximum absolute atomic E-state index is 11.6. The molecule has 1 unspecified atom stereocenters. The van der Waals surface area contributed by atoms with Gasteiger partial charge in [0, 0.05) is 13.1 Å². The molecular weight excluding hydrogens is 206 g/mol. The van der Waals surface area contributed by atoms with E-state index in [1.165, 1.54) is 6.42 Å². The van der Waals surface area contributed by atoms with Crippen LogP contribution in [0.1, 0.15) is 32.6 Å². The fourth-order valence-corrected chi connectivity index (χ4v) is 2.14. The summed E-state index contributed by atoms with van der Waals surface area (Å²) in [5.41, 5.74) is 0. The highest BCUT2D eigenvalue weighted by Gasteiger charge is 2.32. The Hall–Kier alpha value is -1.39. The van der Waals surface area contributed by atoms with Crippen LogP contribution in [-0.2, 0) is 9.59 Å². The zero-order chi connectivity index (χ0) is 11.5. The molecule has 2 amide bonds. The predicted molar refractivity (Wildman–Crippen MR) is 59.8 cm³/mol. The van der Waals surface area contributed by atoms with Crippen molar-refractivity contribution in [3.8, 4) is 0 Å². The Morgan fingerprint density at radius 3 is 2.56 bits per heavy atom. The lowest BCUT2D eigenvalue weighted by Crippen LogP contribution is -2.52. The van der Waals surface area contributed by atoms with E-state index in [2.05, 4.69) is 10.3 Å². The minimum Gasteiger partial charge on any atom is -0.342 e. The summed E-state index contributed by atoms with van der Waals surface area (Å²) in [7, 11) is 0.